The van der Waals surface area contributed by atoms with E-state index in [0.717, 1.165) is 36.1 Å². The number of hydrogen-bond donors (Lipinski definition) is 1. The number of carbonyl (C=O) groups excluding carboxylic acids is 1. The minimum atomic E-state index is -0.239. The number of rotatable bonds is 6. The van der Waals surface area contributed by atoms with Crippen LogP contribution in [0.4, 0.5) is 5.82 Å². The van der Waals surface area contributed by atoms with Crippen molar-refractivity contribution in [3.8, 4) is 0 Å². The van der Waals surface area contributed by atoms with Crippen LogP contribution >= 0.6 is 24.0 Å². The van der Waals surface area contributed by atoms with Crippen LogP contribution in [-0.2, 0) is 16.1 Å². The molecule has 2 fully saturated rings. The highest BCUT2D eigenvalue weighted by Crippen LogP contribution is 2.34. The van der Waals surface area contributed by atoms with Gasteiger partial charge in [0, 0.05) is 19.3 Å². The zero-order valence-electron chi connectivity index (χ0n) is 19.6. The minimum Gasteiger partial charge on any atom is -0.376 e. The van der Waals surface area contributed by atoms with E-state index < -0.39 is 0 Å². The molecule has 35 heavy (non-hydrogen) atoms. The van der Waals surface area contributed by atoms with Crippen LogP contribution in [0.1, 0.15) is 35.1 Å². The number of carbonyl (C=O) groups is 1. The lowest BCUT2D eigenvalue weighted by Gasteiger charge is -2.15. The Kier molecular flexibility index (Phi) is 6.73. The molecule has 1 aromatic carbocycles. The zero-order valence-corrected chi connectivity index (χ0v) is 21.2. The number of thiocarbonyl (C=S) groups is 1. The summed E-state index contributed by atoms with van der Waals surface area (Å²) < 4.78 is 7.71. The van der Waals surface area contributed by atoms with E-state index in [2.05, 4.69) is 5.32 Å². The SMILES string of the molecule is Cc1ccc(CN2C(=O)/C(=C/c3c(NCC4CCCO4)nc4ccc(C)cn4c3=O)SC2=S)cc1. The summed E-state index contributed by atoms with van der Waals surface area (Å²) in [7, 11) is 0. The van der Waals surface area contributed by atoms with Gasteiger partial charge in [0.05, 0.1) is 23.1 Å². The molecule has 4 heterocycles. The van der Waals surface area contributed by atoms with E-state index in [1.165, 1.54) is 16.2 Å². The Bertz CT molecular complexity index is 1390. The molecule has 1 atom stereocenters. The zero-order chi connectivity index (χ0) is 24.5. The lowest BCUT2D eigenvalue weighted by molar-refractivity contribution is -0.122. The van der Waals surface area contributed by atoms with Crippen LogP contribution in [0.3, 0.4) is 0 Å². The van der Waals surface area contributed by atoms with Crippen LogP contribution in [0.25, 0.3) is 11.7 Å². The highest BCUT2D eigenvalue weighted by Gasteiger charge is 2.32. The molecule has 2 saturated heterocycles. The Hall–Kier alpha value is -3.01. The number of nitrogens with zero attached hydrogens (tertiary/aromatic N) is 3. The van der Waals surface area contributed by atoms with Crippen molar-refractivity contribution in [3.63, 3.8) is 0 Å². The molecule has 0 spiro atoms. The monoisotopic (exact) mass is 506 g/mol. The van der Waals surface area contributed by atoms with Crippen molar-refractivity contribution in [2.45, 2.75) is 39.3 Å². The Labute approximate surface area is 213 Å². The van der Waals surface area contributed by atoms with E-state index in [0.29, 0.717) is 39.3 Å². The third-order valence-electron chi connectivity index (χ3n) is 6.14. The number of anilines is 1. The van der Waals surface area contributed by atoms with Gasteiger partial charge in [0.15, 0.2) is 0 Å². The summed E-state index contributed by atoms with van der Waals surface area (Å²) in [5.41, 5.74) is 3.73. The summed E-state index contributed by atoms with van der Waals surface area (Å²) in [6.45, 7) is 5.62. The minimum absolute atomic E-state index is 0.0776. The highest BCUT2D eigenvalue weighted by molar-refractivity contribution is 8.26. The molecule has 1 unspecified atom stereocenters. The molecule has 1 N–H and O–H groups in total. The van der Waals surface area contributed by atoms with Gasteiger partial charge in [0.25, 0.3) is 11.5 Å². The molecule has 180 valence electrons. The molecule has 0 saturated carbocycles. The number of hydrogen-bond acceptors (Lipinski definition) is 7. The number of nitrogens with one attached hydrogen (secondary N) is 1. The van der Waals surface area contributed by atoms with Crippen molar-refractivity contribution in [3.05, 3.63) is 80.1 Å². The number of thioether (sulfide) groups is 1. The molecule has 5 rings (SSSR count). The van der Waals surface area contributed by atoms with E-state index in [4.69, 9.17) is 21.9 Å². The smallest absolute Gasteiger partial charge is 0.267 e. The third kappa shape index (κ3) is 5.03. The molecule has 7 nitrogen and oxygen atoms in total. The summed E-state index contributed by atoms with van der Waals surface area (Å²) >= 11 is 6.72. The van der Waals surface area contributed by atoms with Crippen molar-refractivity contribution in [2.24, 2.45) is 0 Å². The van der Waals surface area contributed by atoms with E-state index in [1.807, 2.05) is 50.2 Å². The molecule has 2 aliphatic heterocycles. The lowest BCUT2D eigenvalue weighted by atomic mass is 10.1. The second-order valence-corrected chi connectivity index (χ2v) is 10.6. The molecule has 0 aliphatic carbocycles. The van der Waals surface area contributed by atoms with Crippen molar-refractivity contribution in [1.82, 2.24) is 14.3 Å². The first-order valence-corrected chi connectivity index (χ1v) is 12.8. The summed E-state index contributed by atoms with van der Waals surface area (Å²) in [6.07, 6.45) is 5.45. The molecule has 0 bridgehead atoms. The van der Waals surface area contributed by atoms with Gasteiger partial charge in [-0.1, -0.05) is 59.9 Å². The molecule has 2 aliphatic rings. The maximum atomic E-state index is 13.5. The Morgan fingerprint density at radius 3 is 2.69 bits per heavy atom. The maximum Gasteiger partial charge on any atom is 0.267 e. The number of ether oxygens (including phenoxy) is 1. The molecule has 3 aromatic rings. The standard InChI is InChI=1S/C26H26N4O3S2/c1-16-5-8-18(9-6-16)15-30-25(32)21(35-26(30)34)12-20-23(27-13-19-4-3-11-33-19)28-22-10-7-17(2)14-29(22)24(20)31/h5-10,12,14,19,27H,3-4,11,13,15H2,1-2H3/b21-12-. The topological polar surface area (TPSA) is 75.9 Å². The maximum absolute atomic E-state index is 13.5. The predicted molar refractivity (Wildman–Crippen MR) is 144 cm³/mol. The number of pyridine rings is 1. The molecule has 1 amide bonds. The van der Waals surface area contributed by atoms with Crippen molar-refractivity contribution >= 4 is 51.7 Å². The van der Waals surface area contributed by atoms with Gasteiger partial charge in [0.1, 0.15) is 15.8 Å². The van der Waals surface area contributed by atoms with Gasteiger partial charge in [-0.3, -0.25) is 18.9 Å². The lowest BCUT2D eigenvalue weighted by Crippen LogP contribution is -2.27. The van der Waals surface area contributed by atoms with Gasteiger partial charge in [-0.25, -0.2) is 4.98 Å². The average molecular weight is 507 g/mol. The number of benzene rings is 1. The Morgan fingerprint density at radius 1 is 1.17 bits per heavy atom. The van der Waals surface area contributed by atoms with Gasteiger partial charge >= 0.3 is 0 Å². The first-order chi connectivity index (χ1) is 16.9. The average Bonchev–Trinajstić information content (AvgIpc) is 3.45. The Morgan fingerprint density at radius 2 is 1.94 bits per heavy atom. The van der Waals surface area contributed by atoms with E-state index in [1.54, 1.807) is 17.2 Å². The number of amides is 1. The van der Waals surface area contributed by atoms with Crippen molar-refractivity contribution < 1.29 is 9.53 Å². The van der Waals surface area contributed by atoms with Crippen molar-refractivity contribution in [1.29, 1.82) is 0 Å². The summed E-state index contributed by atoms with van der Waals surface area (Å²) in [5.74, 6) is 0.234. The third-order valence-corrected chi connectivity index (χ3v) is 7.51. The van der Waals surface area contributed by atoms with Gasteiger partial charge in [-0.2, -0.15) is 0 Å². The van der Waals surface area contributed by atoms with Crippen LogP contribution < -0.4 is 10.9 Å². The van der Waals surface area contributed by atoms with E-state index in [-0.39, 0.29) is 17.6 Å². The quantitative estimate of drug-likeness (QED) is 0.395. The first kappa shape index (κ1) is 23.7. The highest BCUT2D eigenvalue weighted by atomic mass is 32.2. The number of aryl methyl sites for hydroxylation is 2. The fourth-order valence-electron chi connectivity index (χ4n) is 4.18. The van der Waals surface area contributed by atoms with Crippen LogP contribution in [0.15, 0.2) is 52.3 Å². The van der Waals surface area contributed by atoms with E-state index in [9.17, 15) is 9.59 Å². The first-order valence-electron chi connectivity index (χ1n) is 11.6. The van der Waals surface area contributed by atoms with Crippen LogP contribution in [0.5, 0.6) is 0 Å². The van der Waals surface area contributed by atoms with Gasteiger partial charge < -0.3 is 10.1 Å². The summed E-state index contributed by atoms with van der Waals surface area (Å²) in [5, 5.41) is 3.30. The Balaban J connectivity index is 1.50. The summed E-state index contributed by atoms with van der Waals surface area (Å²) in [6, 6.07) is 11.7. The summed E-state index contributed by atoms with van der Waals surface area (Å²) in [4.78, 5) is 33.5. The second kappa shape index (κ2) is 9.93. The number of fused-ring (bicyclic) bond motifs is 1. The largest absolute Gasteiger partial charge is 0.376 e. The number of aromatic nitrogens is 2. The predicted octanol–water partition coefficient (Wildman–Crippen LogP) is 4.30. The van der Waals surface area contributed by atoms with Crippen LogP contribution in [0.2, 0.25) is 0 Å². The molecule has 0 radical (unpaired) electrons. The van der Waals surface area contributed by atoms with Gasteiger partial charge in [-0.15, -0.1) is 0 Å². The second-order valence-electron chi connectivity index (χ2n) is 8.88. The van der Waals surface area contributed by atoms with Crippen LogP contribution in [0, 0.1) is 13.8 Å². The molecular weight excluding hydrogens is 480 g/mol. The normalized spacial score (nSPS) is 19.3. The molecule has 2 aromatic heterocycles. The molecular formula is C26H26N4O3S2. The van der Waals surface area contributed by atoms with Crippen LogP contribution in [-0.4, -0.2) is 43.8 Å². The van der Waals surface area contributed by atoms with Gasteiger partial charge in [-0.05, 0) is 50.0 Å². The fraction of sp³-hybridized carbons (Fsp3) is 0.308. The van der Waals surface area contributed by atoms with Gasteiger partial charge in [0.2, 0.25) is 0 Å². The fourth-order valence-corrected chi connectivity index (χ4v) is 5.42. The molecule has 9 heteroatoms. The van der Waals surface area contributed by atoms with Crippen molar-refractivity contribution in [2.75, 3.05) is 18.5 Å². The van der Waals surface area contributed by atoms with E-state index >= 15 is 0 Å².